The highest BCUT2D eigenvalue weighted by atomic mass is 16.3. The van der Waals surface area contributed by atoms with Crippen molar-refractivity contribution in [2.24, 2.45) is 35.0 Å². The van der Waals surface area contributed by atoms with Crippen molar-refractivity contribution >= 4 is 45.0 Å². The maximum atomic E-state index is 6.54. The van der Waals surface area contributed by atoms with Gasteiger partial charge in [0.25, 0.3) is 0 Å². The number of allylic oxidation sites excluding steroid dienone is 12. The van der Waals surface area contributed by atoms with Gasteiger partial charge in [-0.1, -0.05) is 133 Å². The summed E-state index contributed by atoms with van der Waals surface area (Å²) in [5.41, 5.74) is 15.3. The Hall–Kier alpha value is -5.34. The van der Waals surface area contributed by atoms with Crippen LogP contribution in [0.4, 0.5) is 11.4 Å². The van der Waals surface area contributed by atoms with E-state index in [0.29, 0.717) is 29.6 Å². The molecule has 2 heteroatoms. The number of fused-ring (bicyclic) bond motifs is 13. The third-order valence-electron chi connectivity index (χ3n) is 14.8. The summed E-state index contributed by atoms with van der Waals surface area (Å²) in [4.78, 5) is 2.71. The SMILES string of the molecule is C1=CC2=C(CC1)C1(C3CCCC=C3C3C=CC(c4ccccc4)=CC31)C1CC(N(c3ccc4c(c3)C=CCC4)c3cccc4oc5ccccc5c34)C=CC21. The molecular formula is C53H47NO. The van der Waals surface area contributed by atoms with Crippen molar-refractivity contribution in [1.29, 1.82) is 0 Å². The van der Waals surface area contributed by atoms with Crippen LogP contribution < -0.4 is 4.90 Å². The topological polar surface area (TPSA) is 16.4 Å². The fraction of sp³-hybridized carbons (Fsp3) is 0.283. The zero-order valence-electron chi connectivity index (χ0n) is 31.4. The summed E-state index contributed by atoms with van der Waals surface area (Å²) in [6, 6.07) is 33.9. The molecule has 4 aromatic carbocycles. The van der Waals surface area contributed by atoms with Crippen molar-refractivity contribution in [1.82, 2.24) is 0 Å². The fourth-order valence-electron chi connectivity index (χ4n) is 12.8. The predicted molar refractivity (Wildman–Crippen MR) is 228 cm³/mol. The highest BCUT2D eigenvalue weighted by Crippen LogP contribution is 2.73. The second-order valence-electron chi connectivity index (χ2n) is 17.2. The molecule has 0 amide bonds. The van der Waals surface area contributed by atoms with Crippen LogP contribution in [0, 0.1) is 35.0 Å². The Bertz CT molecular complexity index is 2600. The Morgan fingerprint density at radius 3 is 2.56 bits per heavy atom. The van der Waals surface area contributed by atoms with Crippen LogP contribution in [0.5, 0.6) is 0 Å². The van der Waals surface area contributed by atoms with Crippen molar-refractivity contribution in [2.75, 3.05) is 4.90 Å². The van der Waals surface area contributed by atoms with Gasteiger partial charge in [0.15, 0.2) is 0 Å². The number of hydrogen-bond donors (Lipinski definition) is 0. The number of para-hydroxylation sites is 1. The van der Waals surface area contributed by atoms with Crippen LogP contribution in [0.15, 0.2) is 167 Å². The zero-order valence-corrected chi connectivity index (χ0v) is 31.4. The minimum Gasteiger partial charge on any atom is -0.456 e. The standard InChI is InChI=1S/C53H47NO/c1-2-13-34(14-3-1)37-26-29-42-40-17-6-9-20-45(40)53(47(42)32-37)46-21-10-7-18-41(46)43-30-28-39(33-48(43)53)54(38-27-25-35-15-4-5-16-36(35)31-38)49-22-12-24-51-52(49)44-19-8-11-23-50(44)55-51/h1-3,5,7-8,11-14,16-19,22-32,39,42-43,45,47-48H,4,6,9-10,15,20-21,33H2. The molecule has 1 heterocycles. The monoisotopic (exact) mass is 713 g/mol. The summed E-state index contributed by atoms with van der Waals surface area (Å²) in [5.74, 6) is 2.49. The number of furan rings is 1. The molecule has 7 unspecified atom stereocenters. The molecule has 0 saturated heterocycles. The first-order valence-corrected chi connectivity index (χ1v) is 21.0. The van der Waals surface area contributed by atoms with E-state index in [4.69, 9.17) is 4.42 Å². The Kier molecular flexibility index (Phi) is 7.17. The summed E-state index contributed by atoms with van der Waals surface area (Å²) >= 11 is 0. The molecule has 55 heavy (non-hydrogen) atoms. The quantitative estimate of drug-likeness (QED) is 0.172. The molecule has 1 spiro atoms. The molecule has 5 aromatic rings. The average molecular weight is 714 g/mol. The van der Waals surface area contributed by atoms with Gasteiger partial charge in [-0.15, -0.1) is 0 Å². The van der Waals surface area contributed by atoms with E-state index in [1.54, 1.807) is 16.7 Å². The first-order chi connectivity index (χ1) is 27.3. The molecule has 0 bridgehead atoms. The fourth-order valence-corrected chi connectivity index (χ4v) is 12.8. The number of anilines is 2. The van der Waals surface area contributed by atoms with E-state index in [1.807, 2.05) is 0 Å². The minimum atomic E-state index is 0.105. The van der Waals surface area contributed by atoms with E-state index in [2.05, 4.69) is 157 Å². The molecule has 0 N–H and O–H groups in total. The smallest absolute Gasteiger partial charge is 0.137 e. The molecule has 2 nitrogen and oxygen atoms in total. The molecular weight excluding hydrogens is 667 g/mol. The van der Waals surface area contributed by atoms with Gasteiger partial charge >= 0.3 is 0 Å². The number of aryl methyl sites for hydroxylation is 1. The number of benzene rings is 4. The van der Waals surface area contributed by atoms with Crippen LogP contribution in [0.25, 0.3) is 33.6 Å². The molecule has 1 aromatic heterocycles. The van der Waals surface area contributed by atoms with Gasteiger partial charge < -0.3 is 9.32 Å². The molecule has 1 saturated carbocycles. The van der Waals surface area contributed by atoms with Crippen LogP contribution >= 0.6 is 0 Å². The van der Waals surface area contributed by atoms with Crippen LogP contribution in [-0.2, 0) is 6.42 Å². The van der Waals surface area contributed by atoms with Crippen molar-refractivity contribution in [3.05, 3.63) is 179 Å². The molecule has 1 fully saturated rings. The Morgan fingerprint density at radius 2 is 1.60 bits per heavy atom. The lowest BCUT2D eigenvalue weighted by Crippen LogP contribution is -2.46. The molecule has 12 rings (SSSR count). The van der Waals surface area contributed by atoms with Crippen molar-refractivity contribution in [3.8, 4) is 0 Å². The van der Waals surface area contributed by atoms with Gasteiger partial charge in [-0.3, -0.25) is 0 Å². The molecule has 7 atom stereocenters. The Morgan fingerprint density at radius 1 is 0.727 bits per heavy atom. The lowest BCUT2D eigenvalue weighted by Gasteiger charge is -2.49. The van der Waals surface area contributed by atoms with Gasteiger partial charge in [0.1, 0.15) is 11.2 Å². The summed E-state index contributed by atoms with van der Waals surface area (Å²) in [6.45, 7) is 0. The first kappa shape index (κ1) is 32.0. The largest absolute Gasteiger partial charge is 0.456 e. The first-order valence-electron chi connectivity index (χ1n) is 21.0. The van der Waals surface area contributed by atoms with Gasteiger partial charge in [-0.05, 0) is 127 Å². The van der Waals surface area contributed by atoms with Crippen LogP contribution in [-0.4, -0.2) is 6.04 Å². The highest BCUT2D eigenvalue weighted by molar-refractivity contribution is 6.12. The van der Waals surface area contributed by atoms with Crippen molar-refractivity contribution < 1.29 is 4.42 Å². The van der Waals surface area contributed by atoms with Gasteiger partial charge in [-0.2, -0.15) is 0 Å². The van der Waals surface area contributed by atoms with Crippen LogP contribution in [0.3, 0.4) is 0 Å². The average Bonchev–Trinajstić information content (AvgIpc) is 3.88. The van der Waals surface area contributed by atoms with E-state index in [1.165, 1.54) is 70.1 Å². The normalized spacial score (nSPS) is 29.9. The Balaban J connectivity index is 1.06. The van der Waals surface area contributed by atoms with E-state index in [0.717, 1.165) is 36.8 Å². The third kappa shape index (κ3) is 4.61. The van der Waals surface area contributed by atoms with E-state index < -0.39 is 0 Å². The maximum absolute atomic E-state index is 6.54. The van der Waals surface area contributed by atoms with Gasteiger partial charge in [0, 0.05) is 28.3 Å². The lowest BCUT2D eigenvalue weighted by atomic mass is 9.55. The summed E-state index contributed by atoms with van der Waals surface area (Å²) < 4.78 is 6.54. The van der Waals surface area contributed by atoms with E-state index >= 15 is 0 Å². The van der Waals surface area contributed by atoms with E-state index in [9.17, 15) is 0 Å². The minimum absolute atomic E-state index is 0.105. The maximum Gasteiger partial charge on any atom is 0.137 e. The Labute approximate surface area is 324 Å². The number of hydrogen-bond acceptors (Lipinski definition) is 2. The molecule has 0 radical (unpaired) electrons. The predicted octanol–water partition coefficient (Wildman–Crippen LogP) is 13.5. The molecule has 0 aliphatic heterocycles. The highest BCUT2D eigenvalue weighted by Gasteiger charge is 2.66. The summed E-state index contributed by atoms with van der Waals surface area (Å²) in [5, 5.41) is 2.41. The van der Waals surface area contributed by atoms with Crippen LogP contribution in [0.2, 0.25) is 0 Å². The van der Waals surface area contributed by atoms with Gasteiger partial charge in [0.05, 0.1) is 17.1 Å². The molecule has 7 aliphatic rings. The summed E-state index contributed by atoms with van der Waals surface area (Å²) in [7, 11) is 0. The van der Waals surface area contributed by atoms with Gasteiger partial charge in [0.2, 0.25) is 0 Å². The third-order valence-corrected chi connectivity index (χ3v) is 14.8. The molecule has 270 valence electrons. The van der Waals surface area contributed by atoms with Gasteiger partial charge in [-0.25, -0.2) is 0 Å². The van der Waals surface area contributed by atoms with Crippen molar-refractivity contribution in [2.45, 2.75) is 57.4 Å². The summed E-state index contributed by atoms with van der Waals surface area (Å²) in [6.07, 6.45) is 35.0. The second kappa shape index (κ2) is 12.3. The van der Waals surface area contributed by atoms with Crippen molar-refractivity contribution in [3.63, 3.8) is 0 Å². The second-order valence-corrected chi connectivity index (χ2v) is 17.2. The number of rotatable bonds is 4. The van der Waals surface area contributed by atoms with Crippen LogP contribution in [0.1, 0.15) is 61.6 Å². The number of nitrogens with zero attached hydrogens (tertiary/aromatic N) is 1. The van der Waals surface area contributed by atoms with E-state index in [-0.39, 0.29) is 11.5 Å². The molecule has 7 aliphatic carbocycles. The zero-order chi connectivity index (χ0) is 36.1. The lowest BCUT2D eigenvalue weighted by molar-refractivity contribution is 0.0897.